The van der Waals surface area contributed by atoms with Gasteiger partial charge in [-0.25, -0.2) is 0 Å². The average Bonchev–Trinajstić information content (AvgIpc) is 2.82. The van der Waals surface area contributed by atoms with Gasteiger partial charge in [0, 0.05) is 6.04 Å². The molecule has 0 N–H and O–H groups in total. The fraction of sp³-hybridized carbons (Fsp3) is 0.923. The lowest BCUT2D eigenvalue weighted by molar-refractivity contribution is 0.0122. The van der Waals surface area contributed by atoms with Gasteiger partial charge in [0.1, 0.15) is 0 Å². The van der Waals surface area contributed by atoms with E-state index in [2.05, 4.69) is 11.0 Å². The van der Waals surface area contributed by atoms with Crippen LogP contribution in [0.3, 0.4) is 0 Å². The summed E-state index contributed by atoms with van der Waals surface area (Å²) < 4.78 is 0. The SMILES string of the molecule is N#CC1C2CCC(CC2)C1N1CCCC1. The maximum atomic E-state index is 9.37. The van der Waals surface area contributed by atoms with Gasteiger partial charge in [-0.2, -0.15) is 5.26 Å². The van der Waals surface area contributed by atoms with E-state index in [0.717, 1.165) is 11.8 Å². The van der Waals surface area contributed by atoms with Crippen LogP contribution in [0.5, 0.6) is 0 Å². The molecule has 82 valence electrons. The fourth-order valence-electron chi connectivity index (χ4n) is 4.16. The molecule has 2 heteroatoms. The van der Waals surface area contributed by atoms with Crippen molar-refractivity contribution in [3.8, 4) is 6.07 Å². The molecule has 1 saturated heterocycles. The first-order valence-electron chi connectivity index (χ1n) is 6.54. The third-order valence-corrected chi connectivity index (χ3v) is 4.89. The van der Waals surface area contributed by atoms with E-state index in [1.807, 2.05) is 0 Å². The molecule has 4 rings (SSSR count). The van der Waals surface area contributed by atoms with Gasteiger partial charge in [-0.05, 0) is 63.5 Å². The van der Waals surface area contributed by atoms with Crippen molar-refractivity contribution in [2.75, 3.05) is 13.1 Å². The third-order valence-electron chi connectivity index (χ3n) is 4.89. The highest BCUT2D eigenvalue weighted by atomic mass is 15.2. The van der Waals surface area contributed by atoms with Crippen molar-refractivity contribution in [2.24, 2.45) is 17.8 Å². The van der Waals surface area contributed by atoms with E-state index >= 15 is 0 Å². The Bertz CT molecular complexity index is 265. The highest BCUT2D eigenvalue weighted by Gasteiger charge is 2.46. The summed E-state index contributed by atoms with van der Waals surface area (Å²) in [5.74, 6) is 1.93. The van der Waals surface area contributed by atoms with Crippen LogP contribution >= 0.6 is 0 Å². The van der Waals surface area contributed by atoms with Crippen molar-refractivity contribution < 1.29 is 0 Å². The van der Waals surface area contributed by atoms with E-state index in [-0.39, 0.29) is 0 Å². The Morgan fingerprint density at radius 1 is 0.933 bits per heavy atom. The van der Waals surface area contributed by atoms with Crippen molar-refractivity contribution in [2.45, 2.75) is 44.6 Å². The van der Waals surface area contributed by atoms with Crippen LogP contribution in [0, 0.1) is 29.1 Å². The Labute approximate surface area is 92.3 Å². The molecule has 0 aromatic heterocycles. The summed E-state index contributed by atoms with van der Waals surface area (Å²) in [6.45, 7) is 2.51. The van der Waals surface area contributed by atoms with Gasteiger partial charge >= 0.3 is 0 Å². The summed E-state index contributed by atoms with van der Waals surface area (Å²) in [6.07, 6.45) is 8.15. The van der Waals surface area contributed by atoms with Crippen LogP contribution in [-0.4, -0.2) is 24.0 Å². The smallest absolute Gasteiger partial charge is 0.0675 e. The monoisotopic (exact) mass is 204 g/mol. The zero-order chi connectivity index (χ0) is 10.3. The summed E-state index contributed by atoms with van der Waals surface area (Å²) in [6, 6.07) is 3.25. The summed E-state index contributed by atoms with van der Waals surface area (Å²) in [4.78, 5) is 2.63. The van der Waals surface area contributed by atoms with Gasteiger partial charge in [-0.1, -0.05) is 0 Å². The highest BCUT2D eigenvalue weighted by molar-refractivity contribution is 5.06. The Balaban J connectivity index is 1.82. The van der Waals surface area contributed by atoms with Gasteiger partial charge in [0.15, 0.2) is 0 Å². The lowest BCUT2D eigenvalue weighted by Crippen LogP contribution is -2.52. The maximum Gasteiger partial charge on any atom is 0.0675 e. The minimum atomic E-state index is 0.357. The van der Waals surface area contributed by atoms with E-state index in [1.54, 1.807) is 0 Å². The van der Waals surface area contributed by atoms with Gasteiger partial charge in [-0.15, -0.1) is 0 Å². The van der Waals surface area contributed by atoms with Gasteiger partial charge in [0.05, 0.1) is 12.0 Å². The lowest BCUT2D eigenvalue weighted by atomic mass is 9.61. The number of hydrogen-bond acceptors (Lipinski definition) is 2. The molecule has 1 heterocycles. The minimum Gasteiger partial charge on any atom is -0.299 e. The molecule has 0 aromatic carbocycles. The highest BCUT2D eigenvalue weighted by Crippen LogP contribution is 2.47. The second-order valence-electron chi connectivity index (χ2n) is 5.56. The number of rotatable bonds is 1. The minimum absolute atomic E-state index is 0.357. The first-order chi connectivity index (χ1) is 7.40. The molecule has 0 radical (unpaired) electrons. The molecule has 0 spiro atoms. The molecule has 0 aromatic rings. The van der Waals surface area contributed by atoms with Gasteiger partial charge in [0.25, 0.3) is 0 Å². The number of nitriles is 1. The Kier molecular flexibility index (Phi) is 2.44. The molecule has 3 saturated carbocycles. The largest absolute Gasteiger partial charge is 0.299 e. The van der Waals surface area contributed by atoms with Crippen LogP contribution in [0.25, 0.3) is 0 Å². The van der Waals surface area contributed by atoms with Crippen molar-refractivity contribution >= 4 is 0 Å². The van der Waals surface area contributed by atoms with Crippen LogP contribution in [-0.2, 0) is 0 Å². The van der Waals surface area contributed by atoms with E-state index in [0.29, 0.717) is 12.0 Å². The summed E-state index contributed by atoms with van der Waals surface area (Å²) in [5.41, 5.74) is 0. The molecule has 4 aliphatic rings. The van der Waals surface area contributed by atoms with Crippen molar-refractivity contribution in [1.82, 2.24) is 4.90 Å². The predicted molar refractivity (Wildman–Crippen MR) is 59.1 cm³/mol. The summed E-state index contributed by atoms with van der Waals surface area (Å²) >= 11 is 0. The molecule has 2 atom stereocenters. The Morgan fingerprint density at radius 2 is 1.53 bits per heavy atom. The predicted octanol–water partition coefficient (Wildman–Crippen LogP) is 2.41. The maximum absolute atomic E-state index is 9.37. The lowest BCUT2D eigenvalue weighted by Gasteiger charge is -2.49. The summed E-state index contributed by atoms with van der Waals surface area (Å²) in [7, 11) is 0. The number of hydrogen-bond donors (Lipinski definition) is 0. The van der Waals surface area contributed by atoms with Crippen molar-refractivity contribution in [3.63, 3.8) is 0 Å². The van der Waals surface area contributed by atoms with E-state index in [1.165, 1.54) is 51.6 Å². The van der Waals surface area contributed by atoms with Crippen molar-refractivity contribution in [1.29, 1.82) is 5.26 Å². The quantitative estimate of drug-likeness (QED) is 0.656. The van der Waals surface area contributed by atoms with Crippen LogP contribution in [0.4, 0.5) is 0 Å². The molecule has 15 heavy (non-hydrogen) atoms. The standard InChI is InChI=1S/C13H20N2/c14-9-12-10-3-5-11(6-4-10)13(12)15-7-1-2-8-15/h10-13H,1-8H2. The van der Waals surface area contributed by atoms with Gasteiger partial charge in [0.2, 0.25) is 0 Å². The van der Waals surface area contributed by atoms with E-state index < -0.39 is 0 Å². The molecule has 3 aliphatic carbocycles. The molecule has 0 amide bonds. The second kappa shape index (κ2) is 3.79. The Hall–Kier alpha value is -0.550. The molecule has 2 nitrogen and oxygen atoms in total. The molecule has 4 fully saturated rings. The second-order valence-corrected chi connectivity index (χ2v) is 5.56. The zero-order valence-electron chi connectivity index (χ0n) is 9.36. The zero-order valence-corrected chi connectivity index (χ0v) is 9.36. The molecular formula is C13H20N2. The topological polar surface area (TPSA) is 27.0 Å². The van der Waals surface area contributed by atoms with E-state index in [9.17, 15) is 5.26 Å². The van der Waals surface area contributed by atoms with Crippen LogP contribution in [0.2, 0.25) is 0 Å². The third kappa shape index (κ3) is 1.49. The number of likely N-dealkylation sites (tertiary alicyclic amines) is 1. The number of nitrogens with zero attached hydrogens (tertiary/aromatic N) is 2. The first-order valence-corrected chi connectivity index (χ1v) is 6.54. The fourth-order valence-corrected chi connectivity index (χ4v) is 4.16. The molecule has 2 unspecified atom stereocenters. The van der Waals surface area contributed by atoms with Gasteiger partial charge in [-0.3, -0.25) is 4.90 Å². The van der Waals surface area contributed by atoms with Crippen LogP contribution in [0.15, 0.2) is 0 Å². The van der Waals surface area contributed by atoms with Gasteiger partial charge < -0.3 is 0 Å². The van der Waals surface area contributed by atoms with Crippen LogP contribution < -0.4 is 0 Å². The molecule has 2 bridgehead atoms. The first kappa shape index (κ1) is 9.66. The molecular weight excluding hydrogens is 184 g/mol. The normalized spacial score (nSPS) is 45.5. The van der Waals surface area contributed by atoms with Crippen molar-refractivity contribution in [3.05, 3.63) is 0 Å². The Morgan fingerprint density at radius 3 is 2.13 bits per heavy atom. The average molecular weight is 204 g/mol. The van der Waals surface area contributed by atoms with E-state index in [4.69, 9.17) is 0 Å². The summed E-state index contributed by atoms with van der Waals surface area (Å²) in [5, 5.41) is 9.37. The molecule has 1 aliphatic heterocycles. The van der Waals surface area contributed by atoms with Crippen LogP contribution in [0.1, 0.15) is 38.5 Å². The number of fused-ring (bicyclic) bond motifs is 3.